The number of amides is 1. The van der Waals surface area contributed by atoms with Crippen molar-refractivity contribution in [3.63, 3.8) is 0 Å². The Balaban J connectivity index is 2.28. The largest absolute Gasteiger partial charge is 0.491 e. The fourth-order valence-corrected chi connectivity index (χ4v) is 3.56. The van der Waals surface area contributed by atoms with Gasteiger partial charge in [-0.15, -0.1) is 0 Å². The van der Waals surface area contributed by atoms with Gasteiger partial charge in [-0.05, 0) is 37.8 Å². The van der Waals surface area contributed by atoms with Crippen molar-refractivity contribution >= 4 is 28.6 Å². The number of hydrogen-bond donors (Lipinski definition) is 2. The van der Waals surface area contributed by atoms with Crippen molar-refractivity contribution in [1.82, 2.24) is 0 Å². The molecule has 0 aliphatic carbocycles. The number of unbranched alkanes of at least 4 members (excludes halogenated alkanes) is 7. The first-order valence-electron chi connectivity index (χ1n) is 10.7. The Morgan fingerprint density at radius 1 is 0.933 bits per heavy atom. The van der Waals surface area contributed by atoms with E-state index in [1.807, 2.05) is 24.3 Å². The molecule has 0 saturated carbocycles. The lowest BCUT2D eigenvalue weighted by Crippen LogP contribution is -2.26. The number of para-hydroxylation sites is 2. The first kappa shape index (κ1) is 26.1. The molecule has 0 aliphatic heterocycles. The van der Waals surface area contributed by atoms with Crippen LogP contribution < -0.4 is 9.64 Å². The molecule has 7 nitrogen and oxygen atoms in total. The number of carbonyl (C=O) groups is 2. The van der Waals surface area contributed by atoms with E-state index in [0.717, 1.165) is 50.6 Å². The van der Waals surface area contributed by atoms with Crippen LogP contribution in [0.25, 0.3) is 0 Å². The predicted molar refractivity (Wildman–Crippen MR) is 119 cm³/mol. The van der Waals surface area contributed by atoms with Gasteiger partial charge in [0, 0.05) is 25.6 Å². The Kier molecular flexibility index (Phi) is 13.8. The Bertz CT molecular complexity index is 667. The van der Waals surface area contributed by atoms with E-state index in [-0.39, 0.29) is 12.3 Å². The van der Waals surface area contributed by atoms with Gasteiger partial charge >= 0.3 is 5.97 Å². The smallest absolute Gasteiger partial charge is 0.303 e. The monoisotopic (exact) mass is 441 g/mol. The molecule has 0 aliphatic rings. The molecule has 2 N–H and O–H groups in total. The molecule has 1 aromatic carbocycles. The average molecular weight is 442 g/mol. The lowest BCUT2D eigenvalue weighted by Gasteiger charge is -2.21. The number of carbonyl (C=O) groups excluding carboxylic acids is 1. The summed E-state index contributed by atoms with van der Waals surface area (Å²) in [4.78, 5) is 24.7. The number of nitrogens with zero attached hydrogens (tertiary/aromatic N) is 1. The molecule has 0 radical (unpaired) electrons. The van der Waals surface area contributed by atoms with Crippen molar-refractivity contribution in [1.29, 1.82) is 0 Å². The maximum absolute atomic E-state index is 12.5. The van der Waals surface area contributed by atoms with E-state index < -0.39 is 17.0 Å². The second kappa shape index (κ2) is 15.8. The average Bonchev–Trinajstić information content (AvgIpc) is 2.71. The Labute approximate surface area is 182 Å². The summed E-state index contributed by atoms with van der Waals surface area (Å²) in [5.41, 5.74) is 0.724. The Morgan fingerprint density at radius 2 is 1.53 bits per heavy atom. The van der Waals surface area contributed by atoms with Gasteiger partial charge in [0.2, 0.25) is 5.91 Å². The highest BCUT2D eigenvalue weighted by atomic mass is 32.2. The maximum atomic E-state index is 12.5. The molecule has 1 aromatic rings. The fraction of sp³-hybridized carbons (Fsp3) is 0.636. The molecular weight excluding hydrogens is 406 g/mol. The van der Waals surface area contributed by atoms with Gasteiger partial charge in [-0.25, -0.2) is 4.21 Å². The minimum absolute atomic E-state index is 0.0438. The van der Waals surface area contributed by atoms with Crippen molar-refractivity contribution < 1.29 is 28.2 Å². The summed E-state index contributed by atoms with van der Waals surface area (Å²) in [6.45, 7) is 0.417. The number of carboxylic acid groups (broad SMARTS) is 1. The lowest BCUT2D eigenvalue weighted by atomic mass is 10.1. The number of rotatable bonds is 17. The second-order valence-corrected chi connectivity index (χ2v) is 8.42. The van der Waals surface area contributed by atoms with Crippen molar-refractivity contribution in [2.24, 2.45) is 0 Å². The van der Waals surface area contributed by atoms with Gasteiger partial charge < -0.3 is 19.3 Å². The second-order valence-electron chi connectivity index (χ2n) is 7.37. The molecule has 8 heteroatoms. The highest BCUT2D eigenvalue weighted by Crippen LogP contribution is 2.28. The number of carboxylic acids is 1. The van der Waals surface area contributed by atoms with E-state index in [4.69, 9.17) is 14.4 Å². The molecule has 30 heavy (non-hydrogen) atoms. The molecule has 0 bridgehead atoms. The summed E-state index contributed by atoms with van der Waals surface area (Å²) >= 11 is -1.68. The van der Waals surface area contributed by atoms with E-state index in [2.05, 4.69) is 0 Å². The zero-order valence-corrected chi connectivity index (χ0v) is 18.7. The highest BCUT2D eigenvalue weighted by Gasteiger charge is 2.15. The van der Waals surface area contributed by atoms with Gasteiger partial charge in [-0.2, -0.15) is 0 Å². The SMILES string of the molecule is CN(C(=O)CCCCCCCCCS(=O)O)c1ccccc1OCCCCC(=O)O. The van der Waals surface area contributed by atoms with Crippen LogP contribution in [0.5, 0.6) is 5.75 Å². The molecule has 0 fully saturated rings. The molecule has 0 aromatic heterocycles. The number of hydrogen-bond acceptors (Lipinski definition) is 4. The third kappa shape index (κ3) is 11.9. The normalized spacial score (nSPS) is 11.8. The third-order valence-electron chi connectivity index (χ3n) is 4.85. The Hall–Kier alpha value is -1.93. The summed E-state index contributed by atoms with van der Waals surface area (Å²) in [6.07, 6.45) is 8.62. The number of aliphatic carboxylic acids is 1. The molecule has 170 valence electrons. The lowest BCUT2D eigenvalue weighted by molar-refractivity contribution is -0.137. The standard InChI is InChI=1S/C22H35NO6S/c1-23(21(24)15-7-5-3-2-4-6-12-18-30(27)28)19-13-8-9-14-20(19)29-17-11-10-16-22(25)26/h8-9,13-14H,2-7,10-12,15-18H2,1H3,(H,25,26)(H,27,28). The van der Waals surface area contributed by atoms with Crippen LogP contribution in [0.3, 0.4) is 0 Å². The minimum atomic E-state index is -1.68. The van der Waals surface area contributed by atoms with Crippen LogP contribution in [-0.2, 0) is 20.7 Å². The Morgan fingerprint density at radius 3 is 2.20 bits per heavy atom. The van der Waals surface area contributed by atoms with Gasteiger partial charge in [0.05, 0.1) is 12.3 Å². The van der Waals surface area contributed by atoms with Gasteiger partial charge in [-0.1, -0.05) is 44.2 Å². The van der Waals surface area contributed by atoms with Gasteiger partial charge in [0.15, 0.2) is 11.1 Å². The number of anilines is 1. The molecule has 0 heterocycles. The first-order valence-corrected chi connectivity index (χ1v) is 12.0. The van der Waals surface area contributed by atoms with E-state index in [9.17, 15) is 13.8 Å². The van der Waals surface area contributed by atoms with Gasteiger partial charge in [0.25, 0.3) is 0 Å². The molecule has 1 rings (SSSR count). The van der Waals surface area contributed by atoms with Crippen LogP contribution in [0.4, 0.5) is 5.69 Å². The molecule has 1 amide bonds. The van der Waals surface area contributed by atoms with E-state index in [0.29, 0.717) is 37.4 Å². The maximum Gasteiger partial charge on any atom is 0.303 e. The topological polar surface area (TPSA) is 104 Å². The predicted octanol–water partition coefficient (Wildman–Crippen LogP) is 4.63. The summed E-state index contributed by atoms with van der Waals surface area (Å²) in [7, 11) is 1.75. The fourth-order valence-electron chi connectivity index (χ4n) is 3.10. The zero-order valence-electron chi connectivity index (χ0n) is 17.9. The van der Waals surface area contributed by atoms with Crippen LogP contribution in [-0.4, -0.2) is 45.2 Å². The molecule has 1 atom stereocenters. The number of benzene rings is 1. The van der Waals surface area contributed by atoms with Crippen LogP contribution in [0.2, 0.25) is 0 Å². The summed E-state index contributed by atoms with van der Waals surface area (Å²) < 4.78 is 25.1. The van der Waals surface area contributed by atoms with Crippen LogP contribution in [0, 0.1) is 0 Å². The van der Waals surface area contributed by atoms with Gasteiger partial charge in [-0.3, -0.25) is 9.59 Å². The molecule has 1 unspecified atom stereocenters. The van der Waals surface area contributed by atoms with E-state index in [1.54, 1.807) is 11.9 Å². The van der Waals surface area contributed by atoms with E-state index >= 15 is 0 Å². The van der Waals surface area contributed by atoms with Crippen molar-refractivity contribution in [2.75, 3.05) is 24.3 Å². The summed E-state index contributed by atoms with van der Waals surface area (Å²) in [5, 5.41) is 8.68. The molecule has 0 saturated heterocycles. The zero-order chi connectivity index (χ0) is 22.2. The molecular formula is C22H35NO6S. The number of ether oxygens (including phenoxy) is 1. The third-order valence-corrected chi connectivity index (χ3v) is 5.49. The summed E-state index contributed by atoms with van der Waals surface area (Å²) in [6, 6.07) is 7.39. The van der Waals surface area contributed by atoms with Crippen LogP contribution >= 0.6 is 0 Å². The highest BCUT2D eigenvalue weighted by molar-refractivity contribution is 7.79. The molecule has 0 spiro atoms. The van der Waals surface area contributed by atoms with Crippen molar-refractivity contribution in [3.05, 3.63) is 24.3 Å². The van der Waals surface area contributed by atoms with Gasteiger partial charge in [0.1, 0.15) is 5.75 Å². The first-order chi connectivity index (χ1) is 14.4. The van der Waals surface area contributed by atoms with Crippen molar-refractivity contribution in [3.8, 4) is 5.75 Å². The van der Waals surface area contributed by atoms with Crippen LogP contribution in [0.1, 0.15) is 70.6 Å². The van der Waals surface area contributed by atoms with Crippen molar-refractivity contribution in [2.45, 2.75) is 70.6 Å². The quantitative estimate of drug-likeness (QED) is 0.270. The minimum Gasteiger partial charge on any atom is -0.491 e. The van der Waals surface area contributed by atoms with E-state index in [1.165, 1.54) is 0 Å². The van der Waals surface area contributed by atoms with Crippen LogP contribution in [0.15, 0.2) is 24.3 Å². The summed E-state index contributed by atoms with van der Waals surface area (Å²) in [5.74, 6) is 0.226.